The van der Waals surface area contributed by atoms with Gasteiger partial charge in [-0.1, -0.05) is 12.1 Å². The number of nitrogens with zero attached hydrogens (tertiary/aromatic N) is 1. The van der Waals surface area contributed by atoms with Gasteiger partial charge in [0.15, 0.2) is 5.78 Å². The normalized spacial score (nSPS) is 13.8. The van der Waals surface area contributed by atoms with Crippen LogP contribution >= 0.6 is 0 Å². The Bertz CT molecular complexity index is 906. The maximum Gasteiger partial charge on any atom is 0.253 e. The lowest BCUT2D eigenvalue weighted by Crippen LogP contribution is -2.42. The van der Waals surface area contributed by atoms with E-state index >= 15 is 0 Å². The topological polar surface area (TPSA) is 95.6 Å². The number of carbonyl (C=O) groups is 2. The maximum atomic E-state index is 12.1. The van der Waals surface area contributed by atoms with E-state index < -0.39 is 10.9 Å². The highest BCUT2D eigenvalue weighted by Crippen LogP contribution is 2.24. The highest BCUT2D eigenvalue weighted by molar-refractivity contribution is 5.97. The molecule has 1 aliphatic rings. The number of ketones is 1. The molecule has 0 unspecified atom stereocenters. The van der Waals surface area contributed by atoms with E-state index in [-0.39, 0.29) is 24.7 Å². The summed E-state index contributed by atoms with van der Waals surface area (Å²) in [4.78, 5) is 48.9. The molecule has 7 heteroatoms. The largest absolute Gasteiger partial charge is 0.379 e. The summed E-state index contributed by atoms with van der Waals surface area (Å²) in [6.45, 7) is 3.29. The molecule has 1 amide bonds. The fraction of sp³-hybridized carbons (Fsp3) is 0.368. The molecule has 0 bridgehead atoms. The highest BCUT2D eigenvalue weighted by Gasteiger charge is 2.27. The summed E-state index contributed by atoms with van der Waals surface area (Å²) in [6.07, 6.45) is 2.17. The molecule has 2 aromatic rings. The Morgan fingerprint density at radius 2 is 1.85 bits per heavy atom. The van der Waals surface area contributed by atoms with Gasteiger partial charge in [-0.3, -0.25) is 19.2 Å². The standard InChI is InChI=1S/C19H21N3O4/c1-12(23)13-5-4-6-14(11-13)21-15(24)7-8-20-16-17(19(26)18(16)25)22-9-2-3-10-22/h4-6,11,20H,2-3,7-10H2,1H3,(H,21,24). The number of amides is 1. The third-order valence-electron chi connectivity index (χ3n) is 4.51. The van der Waals surface area contributed by atoms with Crippen LogP contribution in [-0.2, 0) is 4.79 Å². The number of nitrogens with one attached hydrogen (secondary N) is 2. The van der Waals surface area contributed by atoms with Crippen molar-refractivity contribution in [1.82, 2.24) is 0 Å². The van der Waals surface area contributed by atoms with Crippen LogP contribution in [-0.4, -0.2) is 31.3 Å². The Hall–Kier alpha value is -2.96. The highest BCUT2D eigenvalue weighted by atomic mass is 16.2. The van der Waals surface area contributed by atoms with Gasteiger partial charge in [-0.05, 0) is 31.9 Å². The molecule has 3 rings (SSSR count). The van der Waals surface area contributed by atoms with E-state index in [0.29, 0.717) is 22.6 Å². The first kappa shape index (κ1) is 17.8. The molecule has 0 saturated carbocycles. The Morgan fingerprint density at radius 1 is 1.12 bits per heavy atom. The van der Waals surface area contributed by atoms with Crippen molar-refractivity contribution < 1.29 is 9.59 Å². The minimum atomic E-state index is -0.513. The molecule has 2 N–H and O–H groups in total. The lowest BCUT2D eigenvalue weighted by Gasteiger charge is -2.22. The maximum absolute atomic E-state index is 12.1. The first-order valence-electron chi connectivity index (χ1n) is 8.70. The van der Waals surface area contributed by atoms with Crippen LogP contribution in [0.2, 0.25) is 0 Å². The molecule has 1 aliphatic heterocycles. The Labute approximate surface area is 150 Å². The molecule has 1 fully saturated rings. The molecule has 7 nitrogen and oxygen atoms in total. The average Bonchev–Trinajstić information content (AvgIpc) is 3.14. The number of anilines is 3. The average molecular weight is 355 g/mol. The van der Waals surface area contributed by atoms with Crippen molar-refractivity contribution in [3.63, 3.8) is 0 Å². The Balaban J connectivity index is 1.54. The molecule has 0 aliphatic carbocycles. The molecule has 136 valence electrons. The van der Waals surface area contributed by atoms with E-state index in [1.54, 1.807) is 24.3 Å². The quantitative estimate of drug-likeness (QED) is 0.578. The molecule has 0 aromatic heterocycles. The molecular weight excluding hydrogens is 334 g/mol. The summed E-state index contributed by atoms with van der Waals surface area (Å²) in [5, 5.41) is 5.65. The molecular formula is C19H21N3O4. The van der Waals surface area contributed by atoms with E-state index in [0.717, 1.165) is 25.9 Å². The van der Waals surface area contributed by atoms with Gasteiger partial charge in [0.1, 0.15) is 11.4 Å². The molecule has 0 atom stereocenters. The van der Waals surface area contributed by atoms with Gasteiger partial charge >= 0.3 is 0 Å². The zero-order chi connectivity index (χ0) is 18.7. The van der Waals surface area contributed by atoms with E-state index in [1.807, 2.05) is 4.90 Å². The lowest BCUT2D eigenvalue weighted by atomic mass is 10.1. The van der Waals surface area contributed by atoms with Crippen LogP contribution in [0.4, 0.5) is 17.1 Å². The van der Waals surface area contributed by atoms with Crippen molar-refractivity contribution >= 4 is 28.8 Å². The fourth-order valence-electron chi connectivity index (χ4n) is 3.13. The van der Waals surface area contributed by atoms with Crippen LogP contribution < -0.4 is 26.4 Å². The van der Waals surface area contributed by atoms with Crippen molar-refractivity contribution in [2.24, 2.45) is 0 Å². The molecule has 1 saturated heterocycles. The van der Waals surface area contributed by atoms with Crippen LogP contribution in [0, 0.1) is 0 Å². The second-order valence-electron chi connectivity index (χ2n) is 6.44. The van der Waals surface area contributed by atoms with Crippen LogP contribution in [0.15, 0.2) is 33.9 Å². The van der Waals surface area contributed by atoms with Crippen LogP contribution in [0.5, 0.6) is 0 Å². The van der Waals surface area contributed by atoms with E-state index in [2.05, 4.69) is 10.6 Å². The number of benzene rings is 1. The first-order chi connectivity index (χ1) is 12.5. The summed E-state index contributed by atoms with van der Waals surface area (Å²) >= 11 is 0. The monoisotopic (exact) mass is 355 g/mol. The van der Waals surface area contributed by atoms with Gasteiger partial charge in [0.25, 0.3) is 10.9 Å². The first-order valence-corrected chi connectivity index (χ1v) is 8.70. The number of hydrogen-bond acceptors (Lipinski definition) is 6. The second kappa shape index (κ2) is 7.51. The zero-order valence-electron chi connectivity index (χ0n) is 14.6. The lowest BCUT2D eigenvalue weighted by molar-refractivity contribution is -0.115. The van der Waals surface area contributed by atoms with Gasteiger partial charge in [0.05, 0.1) is 0 Å². The van der Waals surface area contributed by atoms with Crippen LogP contribution in [0.25, 0.3) is 0 Å². The molecule has 0 spiro atoms. The summed E-state index contributed by atoms with van der Waals surface area (Å²) in [5.41, 5.74) is 0.904. The number of Topliss-reactive ketones (excluding diaryl/α,β-unsaturated/α-hetero) is 1. The Morgan fingerprint density at radius 3 is 2.54 bits per heavy atom. The SMILES string of the molecule is CC(=O)c1cccc(NC(=O)CCNc2c(N3CCCC3)c(=O)c2=O)c1. The van der Waals surface area contributed by atoms with Gasteiger partial charge in [-0.15, -0.1) is 0 Å². The van der Waals surface area contributed by atoms with E-state index in [4.69, 9.17) is 0 Å². The van der Waals surface area contributed by atoms with Crippen molar-refractivity contribution in [1.29, 1.82) is 0 Å². The zero-order valence-corrected chi connectivity index (χ0v) is 14.6. The summed E-state index contributed by atoms with van der Waals surface area (Å²) in [7, 11) is 0. The van der Waals surface area contributed by atoms with Crippen LogP contribution in [0.1, 0.15) is 36.5 Å². The Kier molecular flexibility index (Phi) is 5.16. The van der Waals surface area contributed by atoms with Gasteiger partial charge in [-0.25, -0.2) is 0 Å². The molecule has 26 heavy (non-hydrogen) atoms. The minimum Gasteiger partial charge on any atom is -0.379 e. The number of hydrogen-bond donors (Lipinski definition) is 2. The summed E-state index contributed by atoms with van der Waals surface area (Å²) in [6, 6.07) is 6.72. The van der Waals surface area contributed by atoms with E-state index in [9.17, 15) is 19.2 Å². The van der Waals surface area contributed by atoms with Crippen molar-refractivity contribution in [2.45, 2.75) is 26.2 Å². The van der Waals surface area contributed by atoms with Crippen LogP contribution in [0.3, 0.4) is 0 Å². The van der Waals surface area contributed by atoms with Gasteiger partial charge < -0.3 is 15.5 Å². The second-order valence-corrected chi connectivity index (χ2v) is 6.44. The van der Waals surface area contributed by atoms with Gasteiger partial charge in [0.2, 0.25) is 5.91 Å². The van der Waals surface area contributed by atoms with Gasteiger partial charge in [-0.2, -0.15) is 0 Å². The molecule has 0 radical (unpaired) electrons. The minimum absolute atomic E-state index is 0.0719. The summed E-state index contributed by atoms with van der Waals surface area (Å²) in [5.74, 6) is -0.308. The smallest absolute Gasteiger partial charge is 0.253 e. The van der Waals surface area contributed by atoms with Crippen molar-refractivity contribution in [2.75, 3.05) is 35.2 Å². The van der Waals surface area contributed by atoms with E-state index in [1.165, 1.54) is 6.92 Å². The predicted molar refractivity (Wildman–Crippen MR) is 101 cm³/mol. The fourth-order valence-corrected chi connectivity index (χ4v) is 3.13. The molecule has 1 heterocycles. The summed E-state index contributed by atoms with van der Waals surface area (Å²) < 4.78 is 0. The number of rotatable bonds is 7. The van der Waals surface area contributed by atoms with Crippen molar-refractivity contribution in [3.05, 3.63) is 50.3 Å². The third kappa shape index (κ3) is 3.66. The third-order valence-corrected chi connectivity index (χ3v) is 4.51. The predicted octanol–water partition coefficient (Wildman–Crippen LogP) is 1.53. The number of carbonyl (C=O) groups excluding carboxylic acids is 2. The van der Waals surface area contributed by atoms with Crippen molar-refractivity contribution in [3.8, 4) is 0 Å². The molecule has 2 aromatic carbocycles. The van der Waals surface area contributed by atoms with Gasteiger partial charge in [0, 0.05) is 37.3 Å².